The molecule has 0 amide bonds. The van der Waals surface area contributed by atoms with Gasteiger partial charge in [-0.25, -0.2) is 0 Å². The molecule has 4 radical (unpaired) electrons. The van der Waals surface area contributed by atoms with Crippen LogP contribution in [-0.4, -0.2) is 41.5 Å². The second-order valence-corrected chi connectivity index (χ2v) is 0.387. The molecule has 26 valence electrons. The van der Waals surface area contributed by atoms with Crippen LogP contribution >= 0.6 is 0 Å². The van der Waals surface area contributed by atoms with Gasteiger partial charge in [-0.1, -0.05) is 0 Å². The average molecular weight is 406 g/mol. The molecule has 0 atom stereocenters. The van der Waals surface area contributed by atoms with Crippen molar-refractivity contribution in [3.05, 3.63) is 0 Å². The molecule has 0 aliphatic heterocycles. The van der Waals surface area contributed by atoms with Crippen LogP contribution in [0, 0.1) is 0 Å². The van der Waals surface area contributed by atoms with Gasteiger partial charge in [-0.2, -0.15) is 0 Å². The second kappa shape index (κ2) is 17.2. The van der Waals surface area contributed by atoms with E-state index in [4.69, 9.17) is 7.48 Å². The molecule has 0 saturated carbocycles. The Balaban J connectivity index is -0.0000000200. The van der Waals surface area contributed by atoms with E-state index >= 15 is 0 Å². The molecule has 2 nitrogen and oxygen atoms in total. The molecule has 0 aromatic carbocycles. The van der Waals surface area contributed by atoms with E-state index in [-0.39, 0.29) is 46.9 Å². The summed E-state index contributed by atoms with van der Waals surface area (Å²) in [5.41, 5.74) is 0. The Morgan fingerprint density at radius 3 is 1.20 bits per heavy atom. The average Bonchev–Trinajstić information content (AvgIpc) is 0.918. The molecule has 0 aliphatic carbocycles. The molecule has 0 aromatic rings. The smallest absolute Gasteiger partial charge is 0 e. The van der Waals surface area contributed by atoms with Crippen LogP contribution in [0.25, 0.3) is 0 Å². The van der Waals surface area contributed by atoms with Crippen molar-refractivity contribution in [3.8, 4) is 0 Å². The minimum Gasteiger partial charge on any atom is 0 e. The summed E-state index contributed by atoms with van der Waals surface area (Å²) in [4.78, 5) is 0. The Labute approximate surface area is 69.3 Å². The summed E-state index contributed by atoms with van der Waals surface area (Å²) in [7, 11) is 0. The quantitative estimate of drug-likeness (QED) is 0.485. The first kappa shape index (κ1) is 15.9. The fourth-order valence-corrected chi connectivity index (χ4v) is 0. The zero-order valence-electron chi connectivity index (χ0n) is 2.25. The van der Waals surface area contributed by atoms with Gasteiger partial charge in [0.1, 0.15) is 0 Å². The van der Waals surface area contributed by atoms with Crippen LogP contribution in [-0.2, 0) is 28.5 Å². The van der Waals surface area contributed by atoms with Crippen molar-refractivity contribution in [1.82, 2.24) is 0 Å². The SMILES string of the molecule is O=[As]=O.[In].[W]. The zero-order chi connectivity index (χ0) is 2.71. The van der Waals surface area contributed by atoms with Crippen molar-refractivity contribution in [2.75, 3.05) is 0 Å². The van der Waals surface area contributed by atoms with Gasteiger partial charge in [-0.15, -0.1) is 0 Å². The van der Waals surface area contributed by atoms with E-state index in [1.807, 2.05) is 0 Å². The zero-order valence-corrected chi connectivity index (χ0v) is 10.4. The van der Waals surface area contributed by atoms with Gasteiger partial charge < -0.3 is 0 Å². The van der Waals surface area contributed by atoms with Crippen molar-refractivity contribution >= 4 is 41.5 Å². The van der Waals surface area contributed by atoms with Crippen molar-refractivity contribution in [2.45, 2.75) is 0 Å². The first-order valence-electron chi connectivity index (χ1n) is 0.365. The monoisotopic (exact) mass is 406 g/mol. The van der Waals surface area contributed by atoms with Crippen LogP contribution in [0.2, 0.25) is 0 Å². The van der Waals surface area contributed by atoms with Crippen molar-refractivity contribution < 1.29 is 28.5 Å². The van der Waals surface area contributed by atoms with Crippen LogP contribution in [0.5, 0.6) is 0 Å². The molecule has 0 bridgehead atoms. The van der Waals surface area contributed by atoms with E-state index in [0.717, 1.165) is 0 Å². The summed E-state index contributed by atoms with van der Waals surface area (Å²) >= 11 is -1.81. The normalized spacial score (nSPS) is 1.60. The Morgan fingerprint density at radius 1 is 1.20 bits per heavy atom. The molecular weight excluding hydrogens is 406 g/mol. The molecule has 0 N–H and O–H groups in total. The van der Waals surface area contributed by atoms with Gasteiger partial charge in [0, 0.05) is 46.9 Å². The standard InChI is InChI=1S/AsO2.In.W/c2-1-3;;. The molecule has 5 heavy (non-hydrogen) atoms. The summed E-state index contributed by atoms with van der Waals surface area (Å²) in [6, 6.07) is 0. The fourth-order valence-electron chi connectivity index (χ4n) is 0. The summed E-state index contributed by atoms with van der Waals surface area (Å²) in [5.74, 6) is 0. The molecule has 0 heterocycles. The van der Waals surface area contributed by atoms with Crippen molar-refractivity contribution in [3.63, 3.8) is 0 Å². The van der Waals surface area contributed by atoms with Gasteiger partial charge in [0.15, 0.2) is 0 Å². The molecule has 0 unspecified atom stereocenters. The van der Waals surface area contributed by atoms with E-state index < -0.39 is 15.6 Å². The van der Waals surface area contributed by atoms with E-state index in [1.54, 1.807) is 0 Å². The number of rotatable bonds is 0. The molecule has 0 aliphatic rings. The number of hydrogen-bond donors (Lipinski definition) is 0. The Hall–Kier alpha value is 1.72. The van der Waals surface area contributed by atoms with Gasteiger partial charge in [0.2, 0.25) is 0 Å². The molecule has 5 heteroatoms. The van der Waals surface area contributed by atoms with Gasteiger partial charge in [-0.3, -0.25) is 0 Å². The number of hydrogen-bond acceptors (Lipinski definition) is 2. The van der Waals surface area contributed by atoms with E-state index in [9.17, 15) is 0 Å². The Kier molecular flexibility index (Phi) is 54.8. The predicted octanol–water partition coefficient (Wildman–Crippen LogP) is -1.00. The maximum Gasteiger partial charge on any atom is 0 e. The molecule has 0 spiro atoms. The maximum atomic E-state index is 8.47. The first-order valence-corrected chi connectivity index (χ1v) is 1.90. The minimum absolute atomic E-state index is 0. The third kappa shape index (κ3) is 26.8. The minimum atomic E-state index is -1.81. The largest absolute Gasteiger partial charge is 0 e. The summed E-state index contributed by atoms with van der Waals surface area (Å²) in [6.45, 7) is 0. The van der Waals surface area contributed by atoms with Gasteiger partial charge in [0.25, 0.3) is 0 Å². The maximum absolute atomic E-state index is 8.47. The van der Waals surface area contributed by atoms with Crippen LogP contribution in [0.4, 0.5) is 0 Å². The summed E-state index contributed by atoms with van der Waals surface area (Å²) < 4.78 is 16.9. The Bertz CT molecular complexity index is 30.6. The van der Waals surface area contributed by atoms with E-state index in [1.165, 1.54) is 0 Å². The molecule has 0 saturated heterocycles. The second-order valence-electron chi connectivity index (χ2n) is 0.0745. The summed E-state index contributed by atoms with van der Waals surface area (Å²) in [5, 5.41) is 0. The van der Waals surface area contributed by atoms with Gasteiger partial charge in [0.05, 0.1) is 0 Å². The molecular formula is AsInO2W. The predicted molar refractivity (Wildman–Crippen MR) is 12.9 cm³/mol. The fraction of sp³-hybridized carbons (Fsp3) is 0. The van der Waals surface area contributed by atoms with Crippen molar-refractivity contribution in [2.24, 2.45) is 0 Å². The van der Waals surface area contributed by atoms with Crippen LogP contribution in [0.3, 0.4) is 0 Å². The molecule has 0 aromatic heterocycles. The van der Waals surface area contributed by atoms with E-state index in [2.05, 4.69) is 0 Å². The van der Waals surface area contributed by atoms with Crippen molar-refractivity contribution in [1.29, 1.82) is 0 Å². The third-order valence-electron chi connectivity index (χ3n) is 0. The van der Waals surface area contributed by atoms with Gasteiger partial charge >= 0.3 is 23.1 Å². The van der Waals surface area contributed by atoms with Crippen LogP contribution in [0.1, 0.15) is 0 Å². The van der Waals surface area contributed by atoms with Crippen LogP contribution in [0.15, 0.2) is 0 Å². The third-order valence-corrected chi connectivity index (χ3v) is 0. The van der Waals surface area contributed by atoms with E-state index in [0.29, 0.717) is 0 Å². The Morgan fingerprint density at radius 2 is 1.20 bits per heavy atom. The first-order chi connectivity index (χ1) is 1.41. The molecule has 0 fully saturated rings. The topological polar surface area (TPSA) is 34.1 Å². The van der Waals surface area contributed by atoms with Gasteiger partial charge in [-0.05, 0) is 0 Å². The molecule has 0 rings (SSSR count). The summed E-state index contributed by atoms with van der Waals surface area (Å²) in [6.07, 6.45) is 0. The van der Waals surface area contributed by atoms with Crippen LogP contribution < -0.4 is 0 Å².